The predicted molar refractivity (Wildman–Crippen MR) is 135 cm³/mol. The van der Waals surface area contributed by atoms with E-state index in [-0.39, 0.29) is 21.9 Å². The summed E-state index contributed by atoms with van der Waals surface area (Å²) in [5.41, 5.74) is 2.89. The minimum atomic E-state index is -1.07. The van der Waals surface area contributed by atoms with E-state index in [1.165, 1.54) is 18.2 Å². The number of anilines is 1. The van der Waals surface area contributed by atoms with Crippen molar-refractivity contribution in [1.29, 1.82) is 10.7 Å². The number of carboxylic acids is 1. The zero-order chi connectivity index (χ0) is 25.1. The Balaban J connectivity index is 1.87. The molecule has 1 heterocycles. The van der Waals surface area contributed by atoms with Crippen molar-refractivity contribution in [2.75, 3.05) is 12.4 Å². The van der Waals surface area contributed by atoms with Crippen molar-refractivity contribution in [3.05, 3.63) is 105 Å². The molecule has 2 aromatic carbocycles. The highest BCUT2D eigenvalue weighted by Gasteiger charge is 2.20. The smallest absolute Gasteiger partial charge is 0.337 e. The van der Waals surface area contributed by atoms with Gasteiger partial charge in [0.05, 0.1) is 34.3 Å². The molecule has 8 heteroatoms. The highest BCUT2D eigenvalue weighted by atomic mass is 16.4. The molecule has 1 aliphatic rings. The van der Waals surface area contributed by atoms with Crippen LogP contribution in [0.3, 0.4) is 0 Å². The minimum absolute atomic E-state index is 0.103. The largest absolute Gasteiger partial charge is 0.478 e. The summed E-state index contributed by atoms with van der Waals surface area (Å²) in [6.07, 6.45) is 6.75. The number of hydrogen-bond donors (Lipinski definition) is 4. The van der Waals surface area contributed by atoms with Crippen molar-refractivity contribution < 1.29 is 14.3 Å². The number of nitrogens with one attached hydrogen (secondary N) is 3. The normalized spacial score (nSPS) is 14.9. The van der Waals surface area contributed by atoms with E-state index in [0.717, 1.165) is 0 Å². The maximum absolute atomic E-state index is 13.1. The summed E-state index contributed by atoms with van der Waals surface area (Å²) in [7, 11) is 1.73. The number of allylic oxidation sites excluding steroid dienone is 5. The molecular weight excluding hydrogens is 444 g/mol. The fourth-order valence-electron chi connectivity index (χ4n) is 3.91. The Hall–Kier alpha value is -4.90. The first-order chi connectivity index (χ1) is 16.8. The number of hydrogen-bond acceptors (Lipinski definition) is 7. The van der Waals surface area contributed by atoms with Crippen LogP contribution >= 0.6 is 0 Å². The summed E-state index contributed by atoms with van der Waals surface area (Å²) in [6, 6.07) is 12.6. The fraction of sp³-hybridized carbons (Fsp3) is 0.111. The van der Waals surface area contributed by atoms with Crippen LogP contribution in [-0.4, -0.2) is 23.8 Å². The Morgan fingerprint density at radius 1 is 1.23 bits per heavy atom. The summed E-state index contributed by atoms with van der Waals surface area (Å²) >= 11 is 0. The van der Waals surface area contributed by atoms with Crippen LogP contribution in [0.15, 0.2) is 81.7 Å². The van der Waals surface area contributed by atoms with E-state index >= 15 is 0 Å². The monoisotopic (exact) mass is 466 g/mol. The second-order valence-electron chi connectivity index (χ2n) is 7.98. The predicted octanol–water partition coefficient (Wildman–Crippen LogP) is 4.61. The van der Waals surface area contributed by atoms with E-state index < -0.39 is 12.0 Å². The molecule has 1 atom stereocenters. The minimum Gasteiger partial charge on any atom is -0.478 e. The standard InChI is InChI=1S/C27H22N4O4/c1-15(31-23-6-4-3-5-19(23)27(33)34)20-9-16(13-28)10-21-24(32)12-25(35-26(20)21)17-7-8-22(29)18(11-17)14-30-2/h3-12,14-15,29-31H,1-2H3,(H,33,34)/b18-14-,29-22?. The van der Waals surface area contributed by atoms with Crippen molar-refractivity contribution in [2.45, 2.75) is 13.0 Å². The van der Waals surface area contributed by atoms with Gasteiger partial charge >= 0.3 is 5.97 Å². The fourth-order valence-corrected chi connectivity index (χ4v) is 3.91. The highest BCUT2D eigenvalue weighted by molar-refractivity contribution is 6.12. The lowest BCUT2D eigenvalue weighted by molar-refractivity contribution is 0.0698. The summed E-state index contributed by atoms with van der Waals surface area (Å²) in [5.74, 6) is -0.755. The third-order valence-corrected chi connectivity index (χ3v) is 5.62. The van der Waals surface area contributed by atoms with Crippen LogP contribution in [-0.2, 0) is 0 Å². The number of carboxylic acid groups (broad SMARTS) is 1. The van der Waals surface area contributed by atoms with Crippen LogP contribution in [0.2, 0.25) is 0 Å². The second-order valence-corrected chi connectivity index (χ2v) is 7.98. The lowest BCUT2D eigenvalue weighted by atomic mass is 9.97. The summed E-state index contributed by atoms with van der Waals surface area (Å²) in [4.78, 5) is 24.7. The molecule has 0 amide bonds. The van der Waals surface area contributed by atoms with Gasteiger partial charge < -0.3 is 25.6 Å². The van der Waals surface area contributed by atoms with E-state index in [9.17, 15) is 20.0 Å². The van der Waals surface area contributed by atoms with Gasteiger partial charge in [0.2, 0.25) is 0 Å². The molecule has 1 aromatic heterocycles. The molecule has 3 aromatic rings. The van der Waals surface area contributed by atoms with Crippen LogP contribution in [0.5, 0.6) is 0 Å². The molecule has 0 spiro atoms. The average Bonchev–Trinajstić information content (AvgIpc) is 2.85. The molecule has 4 rings (SSSR count). The van der Waals surface area contributed by atoms with Crippen molar-refractivity contribution in [1.82, 2.24) is 5.32 Å². The van der Waals surface area contributed by atoms with Crippen LogP contribution in [0.1, 0.15) is 40.2 Å². The SMILES string of the molecule is CN/C=C1/C=C(c2cc(=O)c3cc(C#N)cc(C(C)Nc4ccccc4C(=O)O)c3o2)C=CC1=N. The van der Waals surface area contributed by atoms with Crippen molar-refractivity contribution in [3.63, 3.8) is 0 Å². The molecule has 1 aliphatic carbocycles. The van der Waals surface area contributed by atoms with E-state index in [4.69, 9.17) is 9.83 Å². The van der Waals surface area contributed by atoms with Crippen molar-refractivity contribution in [2.24, 2.45) is 0 Å². The van der Waals surface area contributed by atoms with Crippen LogP contribution in [0.4, 0.5) is 5.69 Å². The quantitative estimate of drug-likeness (QED) is 0.416. The topological polar surface area (TPSA) is 139 Å². The molecular formula is C27H22N4O4. The Morgan fingerprint density at radius 3 is 2.71 bits per heavy atom. The van der Waals surface area contributed by atoms with Gasteiger partial charge in [-0.25, -0.2) is 4.79 Å². The zero-order valence-electron chi connectivity index (χ0n) is 19.0. The van der Waals surface area contributed by atoms with Crippen molar-refractivity contribution in [3.8, 4) is 6.07 Å². The molecule has 0 radical (unpaired) electrons. The van der Waals surface area contributed by atoms with Gasteiger partial charge in [0.1, 0.15) is 11.3 Å². The van der Waals surface area contributed by atoms with Gasteiger partial charge in [-0.1, -0.05) is 12.1 Å². The zero-order valence-corrected chi connectivity index (χ0v) is 19.0. The molecule has 8 nitrogen and oxygen atoms in total. The molecule has 174 valence electrons. The lowest BCUT2D eigenvalue weighted by Gasteiger charge is -2.19. The number of aromatic carboxylic acids is 1. The molecule has 1 unspecified atom stereocenters. The van der Waals surface area contributed by atoms with E-state index in [1.54, 1.807) is 62.7 Å². The molecule has 35 heavy (non-hydrogen) atoms. The van der Waals surface area contributed by atoms with Gasteiger partial charge in [-0.2, -0.15) is 5.26 Å². The maximum atomic E-state index is 13.1. The number of para-hydroxylation sites is 1. The van der Waals surface area contributed by atoms with Crippen molar-refractivity contribution >= 4 is 33.9 Å². The first kappa shape index (κ1) is 23.3. The molecule has 0 saturated heterocycles. The maximum Gasteiger partial charge on any atom is 0.337 e. The van der Waals surface area contributed by atoms with Gasteiger partial charge in [-0.15, -0.1) is 0 Å². The summed E-state index contributed by atoms with van der Waals surface area (Å²) < 4.78 is 6.21. The second kappa shape index (κ2) is 9.53. The highest BCUT2D eigenvalue weighted by Crippen LogP contribution is 2.31. The summed E-state index contributed by atoms with van der Waals surface area (Å²) in [6.45, 7) is 1.80. The van der Waals surface area contributed by atoms with Gasteiger partial charge in [0, 0.05) is 41.7 Å². The summed E-state index contributed by atoms with van der Waals surface area (Å²) in [5, 5.41) is 33.4. The van der Waals surface area contributed by atoms with E-state index in [2.05, 4.69) is 16.7 Å². The van der Waals surface area contributed by atoms with Gasteiger partial charge in [-0.3, -0.25) is 4.79 Å². The number of nitriles is 1. The number of carbonyl (C=O) groups is 1. The Kier molecular flexibility index (Phi) is 6.34. The number of fused-ring (bicyclic) bond motifs is 1. The Labute approximate surface area is 201 Å². The van der Waals surface area contributed by atoms with Gasteiger partial charge in [-0.05, 0) is 49.4 Å². The molecule has 0 bridgehead atoms. The number of rotatable bonds is 6. The van der Waals surface area contributed by atoms with Crippen LogP contribution in [0.25, 0.3) is 16.5 Å². The Bertz CT molecular complexity index is 1550. The van der Waals surface area contributed by atoms with Gasteiger partial charge in [0.25, 0.3) is 0 Å². The molecule has 0 aliphatic heterocycles. The first-order valence-electron chi connectivity index (χ1n) is 10.8. The first-order valence-corrected chi connectivity index (χ1v) is 10.8. The third-order valence-electron chi connectivity index (χ3n) is 5.62. The number of nitrogens with zero attached hydrogens (tertiary/aromatic N) is 1. The third kappa shape index (κ3) is 4.61. The average molecular weight is 466 g/mol. The number of benzene rings is 2. The van der Waals surface area contributed by atoms with E-state index in [0.29, 0.717) is 39.5 Å². The van der Waals surface area contributed by atoms with E-state index in [1.807, 2.05) is 0 Å². The van der Waals surface area contributed by atoms with Crippen LogP contribution < -0.4 is 16.1 Å². The molecule has 4 N–H and O–H groups in total. The van der Waals surface area contributed by atoms with Gasteiger partial charge in [0.15, 0.2) is 5.43 Å². The molecule has 0 fully saturated rings. The van der Waals surface area contributed by atoms with Crippen LogP contribution in [0, 0.1) is 16.7 Å². The lowest BCUT2D eigenvalue weighted by Crippen LogP contribution is -2.13. The Morgan fingerprint density at radius 2 is 2.00 bits per heavy atom. The molecule has 0 saturated carbocycles.